The molecule has 0 N–H and O–H groups in total. The Kier molecular flexibility index (Phi) is 2.91. The highest BCUT2D eigenvalue weighted by Gasteiger charge is 2.21. The van der Waals surface area contributed by atoms with Gasteiger partial charge in [-0.25, -0.2) is 8.42 Å². The standard InChI is InChI=1S/C16H14NO2S/c1-12-11-14-15(17(12)2)9-6-10-16(14)20(18,19)13-7-4-3-5-8-13/h3-11H,1H2,2H3. The van der Waals surface area contributed by atoms with E-state index in [4.69, 9.17) is 0 Å². The molecule has 0 aliphatic carbocycles. The molecular formula is C16H14NO2S. The van der Waals surface area contributed by atoms with Crippen LogP contribution in [0.15, 0.2) is 64.4 Å². The lowest BCUT2D eigenvalue weighted by Crippen LogP contribution is -2.02. The van der Waals surface area contributed by atoms with Crippen LogP contribution in [0.1, 0.15) is 5.69 Å². The summed E-state index contributed by atoms with van der Waals surface area (Å²) in [5, 5.41) is 0.712. The third-order valence-electron chi connectivity index (χ3n) is 3.49. The Labute approximate surface area is 118 Å². The van der Waals surface area contributed by atoms with Gasteiger partial charge in [-0.2, -0.15) is 0 Å². The maximum Gasteiger partial charge on any atom is 0.207 e. The fraction of sp³-hybridized carbons (Fsp3) is 0.0625. The smallest absolute Gasteiger partial charge is 0.207 e. The van der Waals surface area contributed by atoms with Crippen molar-refractivity contribution in [3.63, 3.8) is 0 Å². The van der Waals surface area contributed by atoms with Gasteiger partial charge in [0, 0.05) is 23.6 Å². The maximum atomic E-state index is 12.7. The molecule has 0 aliphatic heterocycles. The van der Waals surface area contributed by atoms with Crippen LogP contribution in [-0.2, 0) is 16.9 Å². The number of hydrogen-bond donors (Lipinski definition) is 0. The largest absolute Gasteiger partial charge is 0.348 e. The lowest BCUT2D eigenvalue weighted by molar-refractivity contribution is 0.597. The van der Waals surface area contributed by atoms with E-state index in [0.717, 1.165) is 11.2 Å². The van der Waals surface area contributed by atoms with E-state index in [0.29, 0.717) is 15.2 Å². The highest BCUT2D eigenvalue weighted by molar-refractivity contribution is 7.91. The second-order valence-electron chi connectivity index (χ2n) is 4.70. The zero-order valence-corrected chi connectivity index (χ0v) is 11.9. The van der Waals surface area contributed by atoms with Crippen LogP contribution >= 0.6 is 0 Å². The fourth-order valence-corrected chi connectivity index (χ4v) is 3.83. The minimum Gasteiger partial charge on any atom is -0.348 e. The van der Waals surface area contributed by atoms with Crippen molar-refractivity contribution in [2.45, 2.75) is 9.79 Å². The van der Waals surface area contributed by atoms with E-state index in [9.17, 15) is 8.42 Å². The maximum absolute atomic E-state index is 12.7. The average Bonchev–Trinajstić information content (AvgIpc) is 2.75. The van der Waals surface area contributed by atoms with Crippen LogP contribution in [-0.4, -0.2) is 13.0 Å². The second kappa shape index (κ2) is 4.49. The topological polar surface area (TPSA) is 39.1 Å². The molecule has 1 radical (unpaired) electrons. The van der Waals surface area contributed by atoms with Gasteiger partial charge in [0.05, 0.1) is 9.79 Å². The summed E-state index contributed by atoms with van der Waals surface area (Å²) in [6.07, 6.45) is 0. The van der Waals surface area contributed by atoms with Gasteiger partial charge in [0.15, 0.2) is 0 Å². The molecule has 0 saturated heterocycles. The zero-order chi connectivity index (χ0) is 14.3. The lowest BCUT2D eigenvalue weighted by Gasteiger charge is -2.06. The Balaban J connectivity index is 2.33. The molecule has 0 bridgehead atoms. The van der Waals surface area contributed by atoms with E-state index in [1.54, 1.807) is 42.5 Å². The van der Waals surface area contributed by atoms with Crippen LogP contribution in [0.4, 0.5) is 0 Å². The van der Waals surface area contributed by atoms with Crippen LogP contribution in [0, 0.1) is 6.92 Å². The Morgan fingerprint density at radius 2 is 1.70 bits per heavy atom. The van der Waals surface area contributed by atoms with Gasteiger partial charge in [-0.05, 0) is 37.3 Å². The molecule has 0 saturated carbocycles. The summed E-state index contributed by atoms with van der Waals surface area (Å²) in [7, 11) is -1.63. The summed E-state index contributed by atoms with van der Waals surface area (Å²) in [4.78, 5) is 0.633. The van der Waals surface area contributed by atoms with Gasteiger partial charge in [-0.15, -0.1) is 0 Å². The molecule has 0 unspecified atom stereocenters. The van der Waals surface area contributed by atoms with Crippen molar-refractivity contribution in [3.8, 4) is 0 Å². The van der Waals surface area contributed by atoms with Crippen LogP contribution < -0.4 is 0 Å². The molecule has 0 amide bonds. The fourth-order valence-electron chi connectivity index (χ4n) is 2.35. The molecule has 101 valence electrons. The molecule has 2 aromatic carbocycles. The van der Waals surface area contributed by atoms with Crippen molar-refractivity contribution in [3.05, 3.63) is 67.2 Å². The Morgan fingerprint density at radius 3 is 2.40 bits per heavy atom. The molecule has 20 heavy (non-hydrogen) atoms. The number of sulfone groups is 1. The molecule has 3 rings (SSSR count). The Bertz CT molecular complexity index is 877. The lowest BCUT2D eigenvalue weighted by atomic mass is 10.2. The first-order chi connectivity index (χ1) is 9.51. The number of hydrogen-bond acceptors (Lipinski definition) is 2. The van der Waals surface area contributed by atoms with Crippen LogP contribution in [0.2, 0.25) is 0 Å². The van der Waals surface area contributed by atoms with E-state index >= 15 is 0 Å². The number of benzene rings is 2. The number of aromatic nitrogens is 1. The van der Waals surface area contributed by atoms with E-state index in [1.807, 2.05) is 23.7 Å². The third-order valence-corrected chi connectivity index (χ3v) is 5.32. The molecule has 0 spiro atoms. The molecule has 0 atom stereocenters. The van der Waals surface area contributed by atoms with E-state index < -0.39 is 9.84 Å². The quantitative estimate of drug-likeness (QED) is 0.725. The van der Waals surface area contributed by atoms with Gasteiger partial charge in [-0.1, -0.05) is 24.3 Å². The molecule has 1 heterocycles. The minimum atomic E-state index is -3.51. The van der Waals surface area contributed by atoms with E-state index in [2.05, 4.69) is 6.92 Å². The van der Waals surface area contributed by atoms with Gasteiger partial charge < -0.3 is 4.57 Å². The predicted octanol–water partition coefficient (Wildman–Crippen LogP) is 3.19. The molecule has 3 aromatic rings. The highest BCUT2D eigenvalue weighted by atomic mass is 32.2. The second-order valence-corrected chi connectivity index (χ2v) is 6.62. The SMILES string of the molecule is [CH2]c1cc2c(S(=O)(=O)c3ccccc3)cccc2n1C. The van der Waals surface area contributed by atoms with Crippen molar-refractivity contribution in [2.75, 3.05) is 0 Å². The monoisotopic (exact) mass is 284 g/mol. The first kappa shape index (κ1) is 12.9. The summed E-state index contributed by atoms with van der Waals surface area (Å²) in [6.45, 7) is 3.92. The van der Waals surface area contributed by atoms with Crippen LogP contribution in [0.3, 0.4) is 0 Å². The van der Waals surface area contributed by atoms with Crippen molar-refractivity contribution < 1.29 is 8.42 Å². The molecule has 1 aromatic heterocycles. The molecule has 3 nitrogen and oxygen atoms in total. The summed E-state index contributed by atoms with van der Waals surface area (Å²) >= 11 is 0. The molecule has 4 heteroatoms. The van der Waals surface area contributed by atoms with Gasteiger partial charge in [0.2, 0.25) is 9.84 Å². The van der Waals surface area contributed by atoms with Crippen molar-refractivity contribution >= 4 is 20.7 Å². The van der Waals surface area contributed by atoms with E-state index in [1.165, 1.54) is 0 Å². The first-order valence-electron chi connectivity index (χ1n) is 6.22. The van der Waals surface area contributed by atoms with Crippen molar-refractivity contribution in [1.29, 1.82) is 0 Å². The van der Waals surface area contributed by atoms with Gasteiger partial charge in [-0.3, -0.25) is 0 Å². The van der Waals surface area contributed by atoms with Crippen LogP contribution in [0.5, 0.6) is 0 Å². The molecule has 0 aliphatic rings. The normalized spacial score (nSPS) is 11.9. The number of nitrogens with zero attached hydrogens (tertiary/aromatic N) is 1. The Hall–Kier alpha value is -2.07. The highest BCUT2D eigenvalue weighted by Crippen LogP contribution is 2.29. The first-order valence-corrected chi connectivity index (χ1v) is 7.70. The van der Waals surface area contributed by atoms with E-state index in [-0.39, 0.29) is 0 Å². The predicted molar refractivity (Wildman–Crippen MR) is 79.3 cm³/mol. The number of aryl methyl sites for hydroxylation is 1. The Morgan fingerprint density at radius 1 is 1.00 bits per heavy atom. The number of fused-ring (bicyclic) bond motifs is 1. The summed E-state index contributed by atoms with van der Waals surface area (Å²) < 4.78 is 27.4. The average molecular weight is 284 g/mol. The van der Waals surface area contributed by atoms with Crippen molar-refractivity contribution in [1.82, 2.24) is 4.57 Å². The minimum absolute atomic E-state index is 0.307. The summed E-state index contributed by atoms with van der Waals surface area (Å²) in [6, 6.07) is 15.6. The van der Waals surface area contributed by atoms with Crippen molar-refractivity contribution in [2.24, 2.45) is 7.05 Å². The van der Waals surface area contributed by atoms with Crippen LogP contribution in [0.25, 0.3) is 10.9 Å². The number of rotatable bonds is 2. The third kappa shape index (κ3) is 1.84. The molecular weight excluding hydrogens is 270 g/mol. The summed E-state index contributed by atoms with van der Waals surface area (Å²) in [5.41, 5.74) is 1.66. The zero-order valence-electron chi connectivity index (χ0n) is 11.1. The van der Waals surface area contributed by atoms with Gasteiger partial charge in [0.1, 0.15) is 0 Å². The van der Waals surface area contributed by atoms with Gasteiger partial charge in [0.25, 0.3) is 0 Å². The summed E-state index contributed by atoms with van der Waals surface area (Å²) in [5.74, 6) is 0. The van der Waals surface area contributed by atoms with Gasteiger partial charge >= 0.3 is 0 Å². The molecule has 0 fully saturated rings.